The van der Waals surface area contributed by atoms with Crippen LogP contribution in [0.1, 0.15) is 0 Å². The molecule has 0 unspecified atom stereocenters. The van der Waals surface area contributed by atoms with Gasteiger partial charge < -0.3 is 15.1 Å². The molecule has 0 atom stereocenters. The zero-order valence-corrected chi connectivity index (χ0v) is 21.3. The lowest BCUT2D eigenvalue weighted by molar-refractivity contribution is 0.248. The van der Waals surface area contributed by atoms with Gasteiger partial charge in [-0.05, 0) is 55.4 Å². The first-order chi connectivity index (χ1) is 17.6. The Morgan fingerprint density at radius 1 is 1.08 bits per heavy atom. The first-order valence-corrected chi connectivity index (χ1v) is 13.2. The van der Waals surface area contributed by atoms with Gasteiger partial charge in [-0.3, -0.25) is 19.0 Å². The van der Waals surface area contributed by atoms with E-state index in [9.17, 15) is 4.79 Å². The second-order valence-corrected chi connectivity index (χ2v) is 10.5. The quantitative estimate of drug-likeness (QED) is 0.307. The van der Waals surface area contributed by atoms with Gasteiger partial charge in [0, 0.05) is 49.9 Å². The van der Waals surface area contributed by atoms with Crippen molar-refractivity contribution in [2.45, 2.75) is 11.4 Å². The largest absolute Gasteiger partial charge is 0.461 e. The molecule has 0 aliphatic carbocycles. The number of aromatic nitrogens is 5. The topological polar surface area (TPSA) is 123 Å². The Balaban J connectivity index is 1.16. The van der Waals surface area contributed by atoms with Crippen LogP contribution < -0.4 is 20.2 Å². The molecule has 0 spiro atoms. The Morgan fingerprint density at radius 2 is 1.89 bits per heavy atom. The molecule has 3 N–H and O–H groups in total. The van der Waals surface area contributed by atoms with Crippen molar-refractivity contribution in [1.29, 1.82) is 0 Å². The summed E-state index contributed by atoms with van der Waals surface area (Å²) in [5.41, 5.74) is 8.49. The van der Waals surface area contributed by atoms with Crippen LogP contribution in [0, 0.1) is 0 Å². The number of nitrogens with zero attached hydrogens (tertiary/aromatic N) is 7. The maximum Gasteiger partial charge on any atom is 0.309 e. The van der Waals surface area contributed by atoms with E-state index in [1.165, 1.54) is 15.1 Å². The fourth-order valence-corrected chi connectivity index (χ4v) is 5.89. The molecule has 36 heavy (non-hydrogen) atoms. The summed E-state index contributed by atoms with van der Waals surface area (Å²) in [6, 6.07) is 12.2. The number of nitrogen functional groups attached to an aromatic ring is 1. The highest BCUT2D eigenvalue weighted by Gasteiger charge is 2.21. The van der Waals surface area contributed by atoms with E-state index >= 15 is 0 Å². The maximum absolute atomic E-state index is 12.9. The zero-order chi connectivity index (χ0) is 24.6. The number of nitrogens with one attached hydrogen (secondary N) is 1. The van der Waals surface area contributed by atoms with Gasteiger partial charge >= 0.3 is 4.87 Å². The van der Waals surface area contributed by atoms with E-state index in [-0.39, 0.29) is 10.8 Å². The summed E-state index contributed by atoms with van der Waals surface area (Å²) < 4.78 is 12.3. The average molecular weight is 524 g/mol. The van der Waals surface area contributed by atoms with Gasteiger partial charge in [-0.15, -0.1) is 5.10 Å². The van der Waals surface area contributed by atoms with Crippen LogP contribution in [0.3, 0.4) is 0 Å². The number of anilines is 2. The van der Waals surface area contributed by atoms with E-state index in [0.717, 1.165) is 44.1 Å². The molecule has 0 radical (unpaired) electrons. The Labute approximate surface area is 214 Å². The van der Waals surface area contributed by atoms with Crippen LogP contribution >= 0.6 is 23.3 Å². The standard InChI is InChI=1S/C23H25N9O2S2/c1-25-36-16-6-4-15(5-7-16)30-11-8-29(9-12-30)10-13-31-20-18(35-23(31)33)21-26-19(17-3-2-14-34-17)28-32(21)22(24)27-20/h2-7,14,25H,8-13H2,1H3,(H2,24,27). The van der Waals surface area contributed by atoms with Crippen LogP contribution in [-0.2, 0) is 6.54 Å². The van der Waals surface area contributed by atoms with Crippen LogP contribution in [0.4, 0.5) is 11.6 Å². The zero-order valence-electron chi connectivity index (χ0n) is 19.6. The van der Waals surface area contributed by atoms with Crippen LogP contribution in [-0.4, -0.2) is 68.8 Å². The number of thiazole rings is 1. The summed E-state index contributed by atoms with van der Waals surface area (Å²) >= 11 is 2.73. The van der Waals surface area contributed by atoms with Gasteiger partial charge in [0.2, 0.25) is 11.8 Å². The fraction of sp³-hybridized carbons (Fsp3) is 0.304. The van der Waals surface area contributed by atoms with Gasteiger partial charge in [0.15, 0.2) is 17.1 Å². The summed E-state index contributed by atoms with van der Waals surface area (Å²) in [4.78, 5) is 27.9. The van der Waals surface area contributed by atoms with Gasteiger partial charge in [0.25, 0.3) is 0 Å². The van der Waals surface area contributed by atoms with Crippen molar-refractivity contribution >= 4 is 50.9 Å². The smallest absolute Gasteiger partial charge is 0.309 e. The summed E-state index contributed by atoms with van der Waals surface area (Å²) in [6.07, 6.45) is 1.56. The molecule has 0 saturated carbocycles. The molecular formula is C23H25N9O2S2. The number of furan rings is 1. The minimum Gasteiger partial charge on any atom is -0.461 e. The second kappa shape index (κ2) is 9.58. The van der Waals surface area contributed by atoms with Gasteiger partial charge in [0.05, 0.1) is 6.26 Å². The van der Waals surface area contributed by atoms with Crippen LogP contribution in [0.2, 0.25) is 0 Å². The third kappa shape index (κ3) is 4.23. The molecule has 1 saturated heterocycles. The Hall–Kier alpha value is -3.39. The number of benzene rings is 1. The van der Waals surface area contributed by atoms with Crippen LogP contribution in [0.25, 0.3) is 27.6 Å². The van der Waals surface area contributed by atoms with E-state index < -0.39 is 0 Å². The van der Waals surface area contributed by atoms with Crippen molar-refractivity contribution in [2.75, 3.05) is 50.4 Å². The van der Waals surface area contributed by atoms with Gasteiger partial charge in [-0.25, -0.2) is 4.98 Å². The predicted octanol–water partition coefficient (Wildman–Crippen LogP) is 2.39. The number of rotatable bonds is 7. The minimum absolute atomic E-state index is 0.0780. The van der Waals surface area contributed by atoms with Crippen molar-refractivity contribution < 1.29 is 4.42 Å². The highest BCUT2D eigenvalue weighted by Crippen LogP contribution is 2.26. The Bertz CT molecular complexity index is 1550. The molecule has 1 aliphatic heterocycles. The molecular weight excluding hydrogens is 498 g/mol. The molecule has 5 heterocycles. The van der Waals surface area contributed by atoms with E-state index in [1.54, 1.807) is 34.9 Å². The monoisotopic (exact) mass is 523 g/mol. The molecule has 0 amide bonds. The van der Waals surface area contributed by atoms with Crippen molar-refractivity contribution in [3.63, 3.8) is 0 Å². The molecule has 1 fully saturated rings. The normalized spacial score (nSPS) is 14.9. The first kappa shape index (κ1) is 23.0. The van der Waals surface area contributed by atoms with E-state index in [2.05, 4.69) is 53.9 Å². The summed E-state index contributed by atoms with van der Waals surface area (Å²) in [5.74, 6) is 1.12. The van der Waals surface area contributed by atoms with Crippen molar-refractivity contribution in [3.05, 3.63) is 52.3 Å². The summed E-state index contributed by atoms with van der Waals surface area (Å²) in [6.45, 7) is 5.05. The van der Waals surface area contributed by atoms with E-state index in [1.807, 2.05) is 7.05 Å². The summed E-state index contributed by atoms with van der Waals surface area (Å²) in [5, 5.41) is 4.41. The number of hydrogen-bond acceptors (Lipinski definition) is 11. The lowest BCUT2D eigenvalue weighted by Gasteiger charge is -2.36. The number of fused-ring (bicyclic) bond motifs is 3. The second-order valence-electron chi connectivity index (χ2n) is 8.42. The SMILES string of the molecule is CNSc1ccc(N2CCN(CCn3c(=O)sc4c3nc(N)n3nc(-c5ccco5)nc43)CC2)cc1. The van der Waals surface area contributed by atoms with Crippen molar-refractivity contribution in [2.24, 2.45) is 0 Å². The van der Waals surface area contributed by atoms with Gasteiger partial charge in [-0.1, -0.05) is 11.3 Å². The third-order valence-corrected chi connectivity index (χ3v) is 7.97. The molecule has 4 aromatic heterocycles. The third-order valence-electron chi connectivity index (χ3n) is 6.29. The Kier molecular flexibility index (Phi) is 6.13. The lowest BCUT2D eigenvalue weighted by Crippen LogP contribution is -2.47. The van der Waals surface area contributed by atoms with Crippen LogP contribution in [0.5, 0.6) is 0 Å². The van der Waals surface area contributed by atoms with Gasteiger partial charge in [0.1, 0.15) is 4.70 Å². The molecule has 1 aliphatic rings. The number of hydrogen-bond donors (Lipinski definition) is 2. The molecule has 186 valence electrons. The van der Waals surface area contributed by atoms with E-state index in [4.69, 9.17) is 10.2 Å². The average Bonchev–Trinajstić information content (AvgIpc) is 3.63. The molecule has 11 nitrogen and oxygen atoms in total. The highest BCUT2D eigenvalue weighted by atomic mass is 32.2. The summed E-state index contributed by atoms with van der Waals surface area (Å²) in [7, 11) is 1.92. The fourth-order valence-electron chi connectivity index (χ4n) is 4.45. The van der Waals surface area contributed by atoms with Crippen molar-refractivity contribution in [1.82, 2.24) is 33.8 Å². The molecule has 6 rings (SSSR count). The van der Waals surface area contributed by atoms with E-state index in [0.29, 0.717) is 34.1 Å². The maximum atomic E-state index is 12.9. The predicted molar refractivity (Wildman–Crippen MR) is 143 cm³/mol. The first-order valence-electron chi connectivity index (χ1n) is 11.6. The Morgan fingerprint density at radius 3 is 2.61 bits per heavy atom. The molecule has 13 heteroatoms. The number of nitrogens with two attached hydrogens (primary N) is 1. The van der Waals surface area contributed by atoms with Crippen molar-refractivity contribution in [3.8, 4) is 11.6 Å². The lowest BCUT2D eigenvalue weighted by atomic mass is 10.2. The molecule has 0 bridgehead atoms. The van der Waals surface area contributed by atoms with Gasteiger partial charge in [-0.2, -0.15) is 9.50 Å². The molecule has 1 aromatic carbocycles. The minimum atomic E-state index is -0.0780. The highest BCUT2D eigenvalue weighted by molar-refractivity contribution is 7.97. The number of piperazine rings is 1. The van der Waals surface area contributed by atoms with Crippen LogP contribution in [0.15, 0.2) is 56.8 Å². The molecule has 5 aromatic rings.